The summed E-state index contributed by atoms with van der Waals surface area (Å²) in [6, 6.07) is 0. The van der Waals surface area contributed by atoms with E-state index < -0.39 is 7.32 Å². The lowest BCUT2D eigenvalue weighted by molar-refractivity contribution is 0.0747. The first kappa shape index (κ1) is 15.9. The molecule has 0 saturated heterocycles. The van der Waals surface area contributed by atoms with Crippen LogP contribution in [-0.4, -0.2) is 27.1 Å². The van der Waals surface area contributed by atoms with Gasteiger partial charge in [-0.15, -0.1) is 0 Å². The van der Waals surface area contributed by atoms with E-state index in [0.717, 1.165) is 12.8 Å². The molecule has 3 nitrogen and oxygen atoms in total. The van der Waals surface area contributed by atoms with E-state index in [1.165, 1.54) is 0 Å². The van der Waals surface area contributed by atoms with Crippen LogP contribution in [0.5, 0.6) is 0 Å². The highest BCUT2D eigenvalue weighted by atomic mass is 16.7. The van der Waals surface area contributed by atoms with Crippen LogP contribution in [-0.2, 0) is 14.0 Å². The van der Waals surface area contributed by atoms with Gasteiger partial charge in [0, 0.05) is 19.8 Å². The fraction of sp³-hybridized carbons (Fsp3) is 1.00. The predicted octanol–water partition coefficient (Wildman–Crippen LogP) is 3.13. The van der Waals surface area contributed by atoms with E-state index in [2.05, 4.69) is 34.6 Å². The lowest BCUT2D eigenvalue weighted by Crippen LogP contribution is -2.30. The SMILES string of the molecule is CCCCOB(OCC(C)C)OCC(C)C. The first-order chi connectivity index (χ1) is 7.56. The number of hydrogen-bond donors (Lipinski definition) is 0. The Hall–Kier alpha value is -0.0551. The van der Waals surface area contributed by atoms with Gasteiger partial charge in [0.2, 0.25) is 0 Å². The van der Waals surface area contributed by atoms with Crippen LogP contribution in [0.1, 0.15) is 47.5 Å². The van der Waals surface area contributed by atoms with Gasteiger partial charge in [0.15, 0.2) is 0 Å². The number of hydrogen-bond acceptors (Lipinski definition) is 3. The van der Waals surface area contributed by atoms with Crippen LogP contribution in [0, 0.1) is 11.8 Å². The van der Waals surface area contributed by atoms with Crippen molar-refractivity contribution in [2.75, 3.05) is 19.8 Å². The molecule has 0 rings (SSSR count). The largest absolute Gasteiger partial charge is 0.639 e. The monoisotopic (exact) mass is 230 g/mol. The second kappa shape index (κ2) is 10.1. The summed E-state index contributed by atoms with van der Waals surface area (Å²) in [6.45, 7) is 12.7. The zero-order valence-electron chi connectivity index (χ0n) is 11.5. The van der Waals surface area contributed by atoms with Crippen molar-refractivity contribution in [1.29, 1.82) is 0 Å². The highest BCUT2D eigenvalue weighted by Crippen LogP contribution is 2.02. The molecule has 0 aliphatic heterocycles. The van der Waals surface area contributed by atoms with E-state index in [1.807, 2.05) is 0 Å². The van der Waals surface area contributed by atoms with E-state index in [1.54, 1.807) is 0 Å². The standard InChI is InChI=1S/C12H27BO3/c1-6-7-8-14-13(15-9-11(2)3)16-10-12(4)5/h11-12H,6-10H2,1-5H3. The molecule has 0 aliphatic rings. The minimum atomic E-state index is -0.489. The molecular weight excluding hydrogens is 203 g/mol. The van der Waals surface area contributed by atoms with Gasteiger partial charge in [0.1, 0.15) is 0 Å². The maximum Gasteiger partial charge on any atom is 0.639 e. The van der Waals surface area contributed by atoms with Crippen LogP contribution in [0.4, 0.5) is 0 Å². The average Bonchev–Trinajstić information content (AvgIpc) is 2.21. The Kier molecular flexibility index (Phi) is 10.1. The molecule has 0 amide bonds. The second-order valence-corrected chi connectivity index (χ2v) is 4.97. The summed E-state index contributed by atoms with van der Waals surface area (Å²) in [5, 5.41) is 0. The minimum Gasteiger partial charge on any atom is -0.386 e. The molecule has 0 aliphatic carbocycles. The smallest absolute Gasteiger partial charge is 0.386 e. The van der Waals surface area contributed by atoms with Gasteiger partial charge in [-0.05, 0) is 18.3 Å². The van der Waals surface area contributed by atoms with Crippen molar-refractivity contribution in [3.05, 3.63) is 0 Å². The van der Waals surface area contributed by atoms with Crippen LogP contribution in [0.2, 0.25) is 0 Å². The van der Waals surface area contributed by atoms with Gasteiger partial charge in [0.05, 0.1) is 0 Å². The summed E-state index contributed by atoms with van der Waals surface area (Å²) < 4.78 is 16.7. The molecule has 0 bridgehead atoms. The summed E-state index contributed by atoms with van der Waals surface area (Å²) in [4.78, 5) is 0. The third kappa shape index (κ3) is 10.5. The van der Waals surface area contributed by atoms with Crippen LogP contribution in [0.15, 0.2) is 0 Å². The Morgan fingerprint density at radius 2 is 1.38 bits per heavy atom. The molecule has 0 heterocycles. The molecule has 0 aromatic carbocycles. The first-order valence-corrected chi connectivity index (χ1v) is 6.41. The third-order valence-corrected chi connectivity index (χ3v) is 1.88. The molecule has 16 heavy (non-hydrogen) atoms. The molecular formula is C12H27BO3. The average molecular weight is 230 g/mol. The van der Waals surface area contributed by atoms with E-state index in [-0.39, 0.29) is 0 Å². The molecule has 4 heteroatoms. The summed E-state index contributed by atoms with van der Waals surface area (Å²) >= 11 is 0. The molecule has 0 radical (unpaired) electrons. The van der Waals surface area contributed by atoms with Crippen molar-refractivity contribution in [3.63, 3.8) is 0 Å². The molecule has 0 saturated carbocycles. The molecule has 0 aromatic heterocycles. The van der Waals surface area contributed by atoms with Gasteiger partial charge in [-0.3, -0.25) is 0 Å². The van der Waals surface area contributed by atoms with E-state index in [9.17, 15) is 0 Å². The van der Waals surface area contributed by atoms with Gasteiger partial charge in [-0.2, -0.15) is 0 Å². The normalized spacial score (nSPS) is 11.4. The zero-order chi connectivity index (χ0) is 12.4. The molecule has 0 spiro atoms. The van der Waals surface area contributed by atoms with Crippen LogP contribution in [0.3, 0.4) is 0 Å². The summed E-state index contributed by atoms with van der Waals surface area (Å²) in [5.41, 5.74) is 0. The lowest BCUT2D eigenvalue weighted by Gasteiger charge is -2.16. The van der Waals surface area contributed by atoms with Crippen molar-refractivity contribution >= 4 is 7.32 Å². The van der Waals surface area contributed by atoms with Gasteiger partial charge in [0.25, 0.3) is 0 Å². The second-order valence-electron chi connectivity index (χ2n) is 4.97. The Balaban J connectivity index is 3.76. The molecule has 0 N–H and O–H groups in total. The highest BCUT2D eigenvalue weighted by molar-refractivity contribution is 6.36. The quantitative estimate of drug-likeness (QED) is 0.426. The van der Waals surface area contributed by atoms with Gasteiger partial charge < -0.3 is 14.0 Å². The van der Waals surface area contributed by atoms with E-state index in [0.29, 0.717) is 31.7 Å². The van der Waals surface area contributed by atoms with Crippen molar-refractivity contribution in [1.82, 2.24) is 0 Å². The van der Waals surface area contributed by atoms with Crippen molar-refractivity contribution in [3.8, 4) is 0 Å². The maximum atomic E-state index is 5.56. The summed E-state index contributed by atoms with van der Waals surface area (Å²) in [5.74, 6) is 1.000. The first-order valence-electron chi connectivity index (χ1n) is 6.41. The molecule has 96 valence electrons. The van der Waals surface area contributed by atoms with Gasteiger partial charge >= 0.3 is 7.32 Å². The number of unbranched alkanes of at least 4 members (excludes halogenated alkanes) is 1. The zero-order valence-corrected chi connectivity index (χ0v) is 11.5. The van der Waals surface area contributed by atoms with E-state index >= 15 is 0 Å². The van der Waals surface area contributed by atoms with Crippen LogP contribution < -0.4 is 0 Å². The minimum absolute atomic E-state index is 0.489. The van der Waals surface area contributed by atoms with E-state index in [4.69, 9.17) is 14.0 Å². The molecule has 0 unspecified atom stereocenters. The summed E-state index contributed by atoms with van der Waals surface area (Å²) in [7, 11) is -0.489. The van der Waals surface area contributed by atoms with Crippen molar-refractivity contribution in [2.45, 2.75) is 47.5 Å². The molecule has 0 aromatic rings. The number of rotatable bonds is 10. The maximum absolute atomic E-state index is 5.56. The Labute approximate surface area is 101 Å². The highest BCUT2D eigenvalue weighted by Gasteiger charge is 2.21. The van der Waals surface area contributed by atoms with Gasteiger partial charge in [-0.25, -0.2) is 0 Å². The van der Waals surface area contributed by atoms with Gasteiger partial charge in [-0.1, -0.05) is 41.0 Å². The fourth-order valence-electron chi connectivity index (χ4n) is 1.01. The molecule has 0 atom stereocenters. The predicted molar refractivity (Wildman–Crippen MR) is 68.2 cm³/mol. The Bertz CT molecular complexity index is 139. The van der Waals surface area contributed by atoms with Crippen LogP contribution >= 0.6 is 0 Å². The summed E-state index contributed by atoms with van der Waals surface area (Å²) in [6.07, 6.45) is 2.17. The molecule has 0 fully saturated rings. The third-order valence-electron chi connectivity index (χ3n) is 1.88. The Morgan fingerprint density at radius 3 is 1.75 bits per heavy atom. The van der Waals surface area contributed by atoms with Crippen LogP contribution in [0.25, 0.3) is 0 Å². The fourth-order valence-corrected chi connectivity index (χ4v) is 1.01. The lowest BCUT2D eigenvalue weighted by atomic mass is 10.1. The van der Waals surface area contributed by atoms with Crippen molar-refractivity contribution < 1.29 is 14.0 Å². The topological polar surface area (TPSA) is 27.7 Å². The van der Waals surface area contributed by atoms with Crippen molar-refractivity contribution in [2.24, 2.45) is 11.8 Å². The Morgan fingerprint density at radius 1 is 0.875 bits per heavy atom.